The molecular formula is C11H18BrN3. The van der Waals surface area contributed by atoms with Gasteiger partial charge in [-0.2, -0.15) is 0 Å². The van der Waals surface area contributed by atoms with Gasteiger partial charge in [-0.15, -0.1) is 0 Å². The molecule has 0 fully saturated rings. The topological polar surface area (TPSA) is 37.8 Å². The van der Waals surface area contributed by atoms with Gasteiger partial charge in [0.25, 0.3) is 0 Å². The molecule has 1 rings (SSSR count). The quantitative estimate of drug-likeness (QED) is 0.895. The smallest absolute Gasteiger partial charge is 0.115 e. The van der Waals surface area contributed by atoms with E-state index in [1.165, 1.54) is 0 Å². The molecule has 0 aliphatic carbocycles. The Balaban J connectivity index is 2.82. The van der Waals surface area contributed by atoms with Gasteiger partial charge in [-0.25, -0.2) is 9.97 Å². The van der Waals surface area contributed by atoms with E-state index in [0.29, 0.717) is 12.0 Å². The molecular weight excluding hydrogens is 254 g/mol. The summed E-state index contributed by atoms with van der Waals surface area (Å²) in [5.41, 5.74) is 1.08. The highest BCUT2D eigenvalue weighted by atomic mass is 79.9. The molecule has 0 aliphatic rings. The van der Waals surface area contributed by atoms with E-state index >= 15 is 0 Å². The standard InChI is InChI=1S/C11H18BrN3/c1-4-10(14-5-2)8(3)11-9(12)6-13-7-15-11/h6-8,10,14H,4-5H2,1-3H3. The summed E-state index contributed by atoms with van der Waals surface area (Å²) in [7, 11) is 0. The molecule has 0 radical (unpaired) electrons. The van der Waals surface area contributed by atoms with Gasteiger partial charge in [-0.05, 0) is 28.9 Å². The lowest BCUT2D eigenvalue weighted by Gasteiger charge is -2.23. The third-order valence-electron chi connectivity index (χ3n) is 2.64. The zero-order valence-corrected chi connectivity index (χ0v) is 11.1. The highest BCUT2D eigenvalue weighted by Gasteiger charge is 2.19. The van der Waals surface area contributed by atoms with Crippen molar-refractivity contribution in [1.82, 2.24) is 15.3 Å². The van der Waals surface area contributed by atoms with E-state index < -0.39 is 0 Å². The Morgan fingerprint density at radius 1 is 1.47 bits per heavy atom. The Kier molecular flexibility index (Phi) is 5.19. The monoisotopic (exact) mass is 271 g/mol. The zero-order valence-electron chi connectivity index (χ0n) is 9.50. The summed E-state index contributed by atoms with van der Waals surface area (Å²) in [6, 6.07) is 0.473. The molecule has 0 aromatic carbocycles. The molecule has 0 amide bonds. The van der Waals surface area contributed by atoms with Gasteiger partial charge in [0.05, 0.1) is 10.2 Å². The molecule has 0 bridgehead atoms. The molecule has 1 heterocycles. The van der Waals surface area contributed by atoms with Crippen molar-refractivity contribution in [1.29, 1.82) is 0 Å². The first-order valence-electron chi connectivity index (χ1n) is 5.39. The molecule has 4 heteroatoms. The van der Waals surface area contributed by atoms with Crippen LogP contribution in [0.15, 0.2) is 17.0 Å². The maximum atomic E-state index is 4.33. The van der Waals surface area contributed by atoms with Crippen LogP contribution in [0.5, 0.6) is 0 Å². The van der Waals surface area contributed by atoms with Crippen LogP contribution in [0.1, 0.15) is 38.8 Å². The van der Waals surface area contributed by atoms with Crippen molar-refractivity contribution in [2.75, 3.05) is 6.54 Å². The van der Waals surface area contributed by atoms with E-state index in [0.717, 1.165) is 23.1 Å². The molecule has 1 aromatic rings. The lowest BCUT2D eigenvalue weighted by atomic mass is 9.96. The minimum atomic E-state index is 0.396. The predicted molar refractivity (Wildman–Crippen MR) is 65.9 cm³/mol. The molecule has 0 saturated carbocycles. The number of rotatable bonds is 5. The Morgan fingerprint density at radius 3 is 2.73 bits per heavy atom. The lowest BCUT2D eigenvalue weighted by Crippen LogP contribution is -2.33. The molecule has 0 saturated heterocycles. The fourth-order valence-corrected chi connectivity index (χ4v) is 2.37. The van der Waals surface area contributed by atoms with Gasteiger partial charge >= 0.3 is 0 Å². The maximum absolute atomic E-state index is 4.33. The van der Waals surface area contributed by atoms with Crippen molar-refractivity contribution in [3.8, 4) is 0 Å². The van der Waals surface area contributed by atoms with Gasteiger partial charge in [-0.3, -0.25) is 0 Å². The number of nitrogens with one attached hydrogen (secondary N) is 1. The average molecular weight is 272 g/mol. The van der Waals surface area contributed by atoms with Crippen LogP contribution in [-0.4, -0.2) is 22.6 Å². The predicted octanol–water partition coefficient (Wildman–Crippen LogP) is 2.73. The first kappa shape index (κ1) is 12.6. The fraction of sp³-hybridized carbons (Fsp3) is 0.636. The molecule has 84 valence electrons. The molecule has 2 unspecified atom stereocenters. The van der Waals surface area contributed by atoms with Gasteiger partial charge in [0.2, 0.25) is 0 Å². The Bertz CT molecular complexity index is 304. The summed E-state index contributed by atoms with van der Waals surface area (Å²) < 4.78 is 0.994. The maximum Gasteiger partial charge on any atom is 0.115 e. The van der Waals surface area contributed by atoms with Crippen LogP contribution in [-0.2, 0) is 0 Å². The SMILES string of the molecule is CCNC(CC)C(C)c1ncncc1Br. The van der Waals surface area contributed by atoms with Crippen molar-refractivity contribution in [2.24, 2.45) is 0 Å². The Morgan fingerprint density at radius 2 is 2.20 bits per heavy atom. The zero-order chi connectivity index (χ0) is 11.3. The second-order valence-electron chi connectivity index (χ2n) is 3.62. The molecule has 3 nitrogen and oxygen atoms in total. The van der Waals surface area contributed by atoms with Gasteiger partial charge < -0.3 is 5.32 Å². The molecule has 1 aromatic heterocycles. The highest BCUT2D eigenvalue weighted by Crippen LogP contribution is 2.25. The number of nitrogens with zero attached hydrogens (tertiary/aromatic N) is 2. The van der Waals surface area contributed by atoms with Gasteiger partial charge in [0.15, 0.2) is 0 Å². The van der Waals surface area contributed by atoms with Crippen molar-refractivity contribution < 1.29 is 0 Å². The minimum Gasteiger partial charge on any atom is -0.314 e. The molecule has 0 spiro atoms. The summed E-state index contributed by atoms with van der Waals surface area (Å²) >= 11 is 3.49. The highest BCUT2D eigenvalue weighted by molar-refractivity contribution is 9.10. The van der Waals surface area contributed by atoms with Crippen molar-refractivity contribution in [3.05, 3.63) is 22.7 Å². The minimum absolute atomic E-state index is 0.396. The van der Waals surface area contributed by atoms with Crippen LogP contribution in [0.2, 0.25) is 0 Å². The van der Waals surface area contributed by atoms with E-state index in [4.69, 9.17) is 0 Å². The summed E-state index contributed by atoms with van der Waals surface area (Å²) in [5.74, 6) is 0.396. The van der Waals surface area contributed by atoms with Crippen LogP contribution in [0.4, 0.5) is 0 Å². The second kappa shape index (κ2) is 6.18. The number of likely N-dealkylation sites (N-methyl/N-ethyl adjacent to an activating group) is 1. The first-order chi connectivity index (χ1) is 7.20. The molecule has 2 atom stereocenters. The van der Waals surface area contributed by atoms with E-state index in [9.17, 15) is 0 Å². The van der Waals surface area contributed by atoms with E-state index in [1.807, 2.05) is 0 Å². The van der Waals surface area contributed by atoms with Crippen LogP contribution in [0.25, 0.3) is 0 Å². The van der Waals surface area contributed by atoms with Crippen molar-refractivity contribution in [3.63, 3.8) is 0 Å². The van der Waals surface area contributed by atoms with Crippen LogP contribution >= 0.6 is 15.9 Å². The van der Waals surface area contributed by atoms with Gasteiger partial charge in [0.1, 0.15) is 6.33 Å². The van der Waals surface area contributed by atoms with E-state index in [-0.39, 0.29) is 0 Å². The molecule has 1 N–H and O–H groups in total. The average Bonchev–Trinajstić information content (AvgIpc) is 2.25. The van der Waals surface area contributed by atoms with Crippen molar-refractivity contribution in [2.45, 2.75) is 39.2 Å². The largest absolute Gasteiger partial charge is 0.314 e. The third-order valence-corrected chi connectivity index (χ3v) is 3.25. The Labute approximate surface area is 99.8 Å². The van der Waals surface area contributed by atoms with Crippen molar-refractivity contribution >= 4 is 15.9 Å². The van der Waals surface area contributed by atoms with E-state index in [1.54, 1.807) is 12.5 Å². The third kappa shape index (κ3) is 3.24. The normalized spacial score (nSPS) is 14.9. The van der Waals surface area contributed by atoms with Gasteiger partial charge in [0, 0.05) is 18.2 Å². The van der Waals surface area contributed by atoms with Gasteiger partial charge in [-0.1, -0.05) is 20.8 Å². The first-order valence-corrected chi connectivity index (χ1v) is 6.18. The number of hydrogen-bond donors (Lipinski definition) is 1. The van der Waals surface area contributed by atoms with E-state index in [2.05, 4.69) is 52.0 Å². The van der Waals surface area contributed by atoms with Crippen LogP contribution < -0.4 is 5.32 Å². The summed E-state index contributed by atoms with van der Waals surface area (Å²) in [6.07, 6.45) is 4.51. The number of hydrogen-bond acceptors (Lipinski definition) is 3. The lowest BCUT2D eigenvalue weighted by molar-refractivity contribution is 0.441. The van der Waals surface area contributed by atoms with Crippen LogP contribution in [0.3, 0.4) is 0 Å². The Hall–Kier alpha value is -0.480. The van der Waals surface area contributed by atoms with Crippen LogP contribution in [0, 0.1) is 0 Å². The second-order valence-corrected chi connectivity index (χ2v) is 4.47. The molecule has 0 aliphatic heterocycles. The number of halogens is 1. The summed E-state index contributed by atoms with van der Waals surface area (Å²) in [4.78, 5) is 8.31. The summed E-state index contributed by atoms with van der Waals surface area (Å²) in [5, 5.41) is 3.48. The summed E-state index contributed by atoms with van der Waals surface area (Å²) in [6.45, 7) is 7.51. The molecule has 15 heavy (non-hydrogen) atoms. The number of aromatic nitrogens is 2. The fourth-order valence-electron chi connectivity index (χ4n) is 1.78.